The lowest BCUT2D eigenvalue weighted by Crippen LogP contribution is -2.25. The minimum atomic E-state index is 0.126. The second kappa shape index (κ2) is 5.91. The van der Waals surface area contributed by atoms with Crippen molar-refractivity contribution in [1.82, 2.24) is 4.98 Å². The van der Waals surface area contributed by atoms with Crippen LogP contribution >= 0.6 is 0 Å². The number of amidine groups is 1. The van der Waals surface area contributed by atoms with Gasteiger partial charge in [-0.25, -0.2) is 4.98 Å². The molecule has 0 unspecified atom stereocenters. The van der Waals surface area contributed by atoms with E-state index < -0.39 is 0 Å². The molecule has 5 heteroatoms. The van der Waals surface area contributed by atoms with Gasteiger partial charge < -0.3 is 15.8 Å². The zero-order chi connectivity index (χ0) is 13.8. The Bertz CT molecular complexity index is 467. The first-order chi connectivity index (χ1) is 9.10. The van der Waals surface area contributed by atoms with Gasteiger partial charge in [0, 0.05) is 24.8 Å². The number of hydrogen-bond donors (Lipinski definition) is 2. The number of nitrogens with zero attached hydrogens (tertiary/aromatic N) is 3. The van der Waals surface area contributed by atoms with Crippen molar-refractivity contribution in [2.75, 3.05) is 18.5 Å². The third kappa shape index (κ3) is 3.36. The monoisotopic (exact) mass is 262 g/mol. The second-order valence-corrected chi connectivity index (χ2v) is 5.37. The lowest BCUT2D eigenvalue weighted by atomic mass is 10.1. The van der Waals surface area contributed by atoms with Gasteiger partial charge in [0.1, 0.15) is 5.82 Å². The fraction of sp³-hybridized carbons (Fsp3) is 0.571. The van der Waals surface area contributed by atoms with E-state index in [4.69, 9.17) is 10.9 Å². The molecule has 104 valence electrons. The third-order valence-electron chi connectivity index (χ3n) is 3.74. The maximum absolute atomic E-state index is 8.77. The molecule has 1 saturated carbocycles. The highest BCUT2D eigenvalue weighted by molar-refractivity contribution is 5.97. The molecule has 0 bridgehead atoms. The molecule has 0 radical (unpaired) electrons. The van der Waals surface area contributed by atoms with E-state index in [9.17, 15) is 0 Å². The van der Waals surface area contributed by atoms with E-state index in [0.29, 0.717) is 5.56 Å². The molecule has 0 aliphatic heterocycles. The maximum Gasteiger partial charge on any atom is 0.170 e. The first kappa shape index (κ1) is 13.6. The molecule has 0 amide bonds. The zero-order valence-corrected chi connectivity index (χ0v) is 11.6. The van der Waals surface area contributed by atoms with E-state index in [1.54, 1.807) is 0 Å². The number of aromatic nitrogens is 1. The Morgan fingerprint density at radius 2 is 2.16 bits per heavy atom. The summed E-state index contributed by atoms with van der Waals surface area (Å²) < 4.78 is 0. The van der Waals surface area contributed by atoms with Gasteiger partial charge in [-0.1, -0.05) is 18.0 Å². The van der Waals surface area contributed by atoms with Gasteiger partial charge in [-0.15, -0.1) is 0 Å². The number of hydrogen-bond acceptors (Lipinski definition) is 4. The lowest BCUT2D eigenvalue weighted by molar-refractivity contribution is 0.318. The van der Waals surface area contributed by atoms with Crippen LogP contribution in [0.25, 0.3) is 0 Å². The summed E-state index contributed by atoms with van der Waals surface area (Å²) in [5.74, 6) is 1.77. The van der Waals surface area contributed by atoms with Crippen molar-refractivity contribution in [1.29, 1.82) is 0 Å². The summed E-state index contributed by atoms with van der Waals surface area (Å²) >= 11 is 0. The highest BCUT2D eigenvalue weighted by Gasteiger charge is 2.18. The summed E-state index contributed by atoms with van der Waals surface area (Å²) in [4.78, 5) is 6.69. The predicted octanol–water partition coefficient (Wildman–Crippen LogP) is 2.11. The summed E-state index contributed by atoms with van der Waals surface area (Å²) in [6, 6.07) is 3.69. The normalized spacial score (nSPS) is 16.8. The van der Waals surface area contributed by atoms with Gasteiger partial charge in [-0.05, 0) is 37.8 Å². The topological polar surface area (TPSA) is 74.7 Å². The van der Waals surface area contributed by atoms with Crippen molar-refractivity contribution in [2.45, 2.75) is 32.6 Å². The Morgan fingerprint density at radius 3 is 2.79 bits per heavy atom. The second-order valence-electron chi connectivity index (χ2n) is 5.37. The van der Waals surface area contributed by atoms with E-state index >= 15 is 0 Å². The molecular weight excluding hydrogens is 240 g/mol. The molecule has 0 spiro atoms. The minimum absolute atomic E-state index is 0.126. The SMILES string of the molecule is Cc1cc(/C(N)=N/O)cc(N(C)CC2CCCC2)n1. The van der Waals surface area contributed by atoms with Crippen LogP contribution in [0.3, 0.4) is 0 Å². The predicted molar refractivity (Wildman–Crippen MR) is 76.7 cm³/mol. The number of rotatable bonds is 4. The molecule has 3 N–H and O–H groups in total. The molecule has 19 heavy (non-hydrogen) atoms. The first-order valence-electron chi connectivity index (χ1n) is 6.78. The molecular formula is C14H22N4O. The van der Waals surface area contributed by atoms with Gasteiger partial charge in [0.2, 0.25) is 0 Å². The quantitative estimate of drug-likeness (QED) is 0.377. The molecule has 2 rings (SSSR count). The van der Waals surface area contributed by atoms with E-state index in [-0.39, 0.29) is 5.84 Å². The Balaban J connectivity index is 2.16. The van der Waals surface area contributed by atoms with Crippen molar-refractivity contribution in [3.05, 3.63) is 23.4 Å². The zero-order valence-electron chi connectivity index (χ0n) is 11.6. The molecule has 1 heterocycles. The van der Waals surface area contributed by atoms with E-state index in [1.165, 1.54) is 25.7 Å². The van der Waals surface area contributed by atoms with E-state index in [0.717, 1.165) is 24.0 Å². The maximum atomic E-state index is 8.77. The first-order valence-corrected chi connectivity index (χ1v) is 6.78. The number of pyridine rings is 1. The molecule has 1 aliphatic carbocycles. The minimum Gasteiger partial charge on any atom is -0.409 e. The number of nitrogens with two attached hydrogens (primary N) is 1. The summed E-state index contributed by atoms with van der Waals surface area (Å²) in [7, 11) is 2.05. The van der Waals surface area contributed by atoms with Crippen LogP contribution in [-0.2, 0) is 0 Å². The largest absolute Gasteiger partial charge is 0.409 e. The van der Waals surface area contributed by atoms with Crippen LogP contribution in [0.2, 0.25) is 0 Å². The van der Waals surface area contributed by atoms with Crippen LogP contribution < -0.4 is 10.6 Å². The van der Waals surface area contributed by atoms with Gasteiger partial charge in [0.25, 0.3) is 0 Å². The van der Waals surface area contributed by atoms with Crippen LogP contribution in [0.15, 0.2) is 17.3 Å². The molecule has 1 aromatic heterocycles. The Hall–Kier alpha value is -1.78. The Morgan fingerprint density at radius 1 is 1.47 bits per heavy atom. The summed E-state index contributed by atoms with van der Waals surface area (Å²) in [6.45, 7) is 2.94. The van der Waals surface area contributed by atoms with Gasteiger partial charge in [0.15, 0.2) is 5.84 Å². The van der Waals surface area contributed by atoms with Crippen LogP contribution in [0.1, 0.15) is 36.9 Å². The Labute approximate surface area is 114 Å². The van der Waals surface area contributed by atoms with Crippen LogP contribution in [-0.4, -0.2) is 29.6 Å². The summed E-state index contributed by atoms with van der Waals surface area (Å²) in [6.07, 6.45) is 5.30. The molecule has 0 atom stereocenters. The van der Waals surface area contributed by atoms with Crippen molar-refractivity contribution in [2.24, 2.45) is 16.8 Å². The number of aryl methyl sites for hydroxylation is 1. The highest BCUT2D eigenvalue weighted by atomic mass is 16.4. The number of anilines is 1. The van der Waals surface area contributed by atoms with Gasteiger partial charge in [-0.2, -0.15) is 0 Å². The molecule has 1 aliphatic rings. The average molecular weight is 262 g/mol. The van der Waals surface area contributed by atoms with Gasteiger partial charge in [0.05, 0.1) is 0 Å². The van der Waals surface area contributed by atoms with Crippen molar-refractivity contribution < 1.29 is 5.21 Å². The smallest absolute Gasteiger partial charge is 0.170 e. The average Bonchev–Trinajstić information content (AvgIpc) is 2.89. The van der Waals surface area contributed by atoms with Crippen LogP contribution in [0.4, 0.5) is 5.82 Å². The third-order valence-corrected chi connectivity index (χ3v) is 3.74. The van der Waals surface area contributed by atoms with Crippen molar-refractivity contribution in [3.63, 3.8) is 0 Å². The standard InChI is InChI=1S/C14H22N4O/c1-10-7-12(14(15)17-19)8-13(16-10)18(2)9-11-5-3-4-6-11/h7-8,11,19H,3-6,9H2,1-2H3,(H2,15,17). The highest BCUT2D eigenvalue weighted by Crippen LogP contribution is 2.26. The molecule has 1 aromatic rings. The van der Waals surface area contributed by atoms with E-state index in [2.05, 4.69) is 22.1 Å². The fourth-order valence-corrected chi connectivity index (χ4v) is 2.73. The molecule has 1 fully saturated rings. The number of oxime groups is 1. The van der Waals surface area contributed by atoms with Crippen LogP contribution in [0, 0.1) is 12.8 Å². The molecule has 5 nitrogen and oxygen atoms in total. The Kier molecular flexibility index (Phi) is 4.24. The summed E-state index contributed by atoms with van der Waals surface area (Å²) in [5.41, 5.74) is 7.23. The van der Waals surface area contributed by atoms with E-state index in [1.807, 2.05) is 19.1 Å². The van der Waals surface area contributed by atoms with Crippen LogP contribution in [0.5, 0.6) is 0 Å². The van der Waals surface area contributed by atoms with Crippen molar-refractivity contribution in [3.8, 4) is 0 Å². The lowest BCUT2D eigenvalue weighted by Gasteiger charge is -2.22. The van der Waals surface area contributed by atoms with Crippen molar-refractivity contribution >= 4 is 11.7 Å². The molecule has 0 saturated heterocycles. The van der Waals surface area contributed by atoms with Gasteiger partial charge in [-0.3, -0.25) is 0 Å². The van der Waals surface area contributed by atoms with Gasteiger partial charge >= 0.3 is 0 Å². The fourth-order valence-electron chi connectivity index (χ4n) is 2.73. The summed E-state index contributed by atoms with van der Waals surface area (Å²) in [5, 5.41) is 11.8. The molecule has 0 aromatic carbocycles.